The molecule has 0 aromatic rings. The van der Waals surface area contributed by atoms with Crippen LogP contribution in [0.3, 0.4) is 0 Å². The van der Waals surface area contributed by atoms with Crippen LogP contribution in [0.25, 0.3) is 0 Å². The van der Waals surface area contributed by atoms with Crippen LogP contribution in [-0.2, 0) is 14.3 Å². The van der Waals surface area contributed by atoms with E-state index < -0.39 is 0 Å². The molecule has 0 bridgehead atoms. The van der Waals surface area contributed by atoms with Gasteiger partial charge in [0.05, 0.1) is 12.5 Å². The van der Waals surface area contributed by atoms with Gasteiger partial charge in [-0.05, 0) is 71.0 Å². The Morgan fingerprint density at radius 1 is 0.676 bits per heavy atom. The van der Waals surface area contributed by atoms with E-state index in [1.54, 1.807) is 7.11 Å². The van der Waals surface area contributed by atoms with Crippen LogP contribution < -0.4 is 0 Å². The molecule has 0 aromatic heterocycles. The van der Waals surface area contributed by atoms with E-state index in [1.165, 1.54) is 51.4 Å². The molecule has 0 spiro atoms. The van der Waals surface area contributed by atoms with Crippen molar-refractivity contribution in [3.05, 3.63) is 0 Å². The first-order valence-corrected chi connectivity index (χ1v) is 14.7. The summed E-state index contributed by atoms with van der Waals surface area (Å²) in [4.78, 5) is 15.1. The highest BCUT2D eigenvalue weighted by Gasteiger charge is 2.18. The van der Waals surface area contributed by atoms with E-state index in [0.717, 1.165) is 90.4 Å². The van der Waals surface area contributed by atoms with Gasteiger partial charge < -0.3 is 19.5 Å². The highest BCUT2D eigenvalue weighted by molar-refractivity contribution is 5.72. The van der Waals surface area contributed by atoms with E-state index in [-0.39, 0.29) is 11.9 Å². The predicted molar refractivity (Wildman–Crippen MR) is 144 cm³/mol. The molecule has 0 amide bonds. The van der Waals surface area contributed by atoms with Crippen molar-refractivity contribution >= 4 is 5.97 Å². The number of methoxy groups -OCH3 is 1. The van der Waals surface area contributed by atoms with Gasteiger partial charge in [-0.3, -0.25) is 4.79 Å². The maximum atomic E-state index is 12.5. The normalized spacial score (nSPS) is 12.4. The summed E-state index contributed by atoms with van der Waals surface area (Å²) in [6, 6.07) is 0. The summed E-state index contributed by atoms with van der Waals surface area (Å²) in [5.74, 6) is 0.157. The van der Waals surface area contributed by atoms with Crippen LogP contribution in [0, 0.1) is 5.92 Å². The van der Waals surface area contributed by atoms with Crippen LogP contribution in [0.15, 0.2) is 0 Å². The first kappa shape index (κ1) is 33.4. The summed E-state index contributed by atoms with van der Waals surface area (Å²) in [5, 5.41) is 9.09. The molecule has 5 heteroatoms. The lowest BCUT2D eigenvalue weighted by Gasteiger charge is -2.22. The Bertz CT molecular complexity index is 419. The van der Waals surface area contributed by atoms with E-state index in [0.29, 0.717) is 13.2 Å². The van der Waals surface area contributed by atoms with Crippen molar-refractivity contribution in [1.29, 1.82) is 0 Å². The Morgan fingerprint density at radius 2 is 1.21 bits per heavy atom. The Morgan fingerprint density at radius 3 is 1.79 bits per heavy atom. The zero-order valence-corrected chi connectivity index (χ0v) is 23.2. The summed E-state index contributed by atoms with van der Waals surface area (Å²) in [7, 11) is 1.77. The van der Waals surface area contributed by atoms with Gasteiger partial charge in [-0.15, -0.1) is 0 Å². The fourth-order valence-corrected chi connectivity index (χ4v) is 4.45. The zero-order chi connectivity index (χ0) is 25.1. The highest BCUT2D eigenvalue weighted by Crippen LogP contribution is 2.19. The van der Waals surface area contributed by atoms with Crippen LogP contribution in [0.4, 0.5) is 0 Å². The summed E-state index contributed by atoms with van der Waals surface area (Å²) in [6.45, 7) is 9.55. The van der Waals surface area contributed by atoms with Gasteiger partial charge in [0, 0.05) is 20.3 Å². The first-order valence-electron chi connectivity index (χ1n) is 14.7. The number of aliphatic hydroxyl groups excluding tert-OH is 1. The molecule has 1 atom stereocenters. The van der Waals surface area contributed by atoms with Crippen LogP contribution in [-0.4, -0.2) is 62.5 Å². The molecule has 0 fully saturated rings. The molecule has 0 saturated carbocycles. The molecular weight excluding hydrogens is 426 g/mol. The molecule has 0 aliphatic heterocycles. The van der Waals surface area contributed by atoms with Crippen LogP contribution in [0.1, 0.15) is 129 Å². The Labute approximate surface area is 212 Å². The van der Waals surface area contributed by atoms with E-state index in [9.17, 15) is 4.79 Å². The summed E-state index contributed by atoms with van der Waals surface area (Å²) in [5.41, 5.74) is 0. The number of esters is 1. The number of hydrogen-bond acceptors (Lipinski definition) is 5. The molecule has 0 heterocycles. The van der Waals surface area contributed by atoms with Crippen LogP contribution in [0.2, 0.25) is 0 Å². The van der Waals surface area contributed by atoms with Gasteiger partial charge in [-0.2, -0.15) is 0 Å². The number of hydrogen-bond donors (Lipinski definition) is 1. The maximum Gasteiger partial charge on any atom is 0.308 e. The third-order valence-electron chi connectivity index (χ3n) is 6.71. The summed E-state index contributed by atoms with van der Waals surface area (Å²) in [6.07, 6.45) is 20.5. The molecule has 5 nitrogen and oxygen atoms in total. The molecule has 0 aromatic carbocycles. The number of aliphatic hydroxyl groups is 1. The molecule has 0 aliphatic carbocycles. The van der Waals surface area contributed by atoms with Gasteiger partial charge in [-0.1, -0.05) is 78.1 Å². The Balaban J connectivity index is 4.00. The minimum Gasteiger partial charge on any atom is -0.465 e. The molecule has 0 rings (SSSR count). The molecule has 1 N–H and O–H groups in total. The SMILES string of the molecule is CCCCCCC(CCCC)C(=O)OCCCCCCN(CCCCO)CCCCCCOC. The van der Waals surface area contributed by atoms with E-state index in [1.807, 2.05) is 0 Å². The monoisotopic (exact) mass is 485 g/mol. The van der Waals surface area contributed by atoms with Crippen LogP contribution >= 0.6 is 0 Å². The van der Waals surface area contributed by atoms with Crippen molar-refractivity contribution in [3.63, 3.8) is 0 Å². The van der Waals surface area contributed by atoms with Crippen LogP contribution in [0.5, 0.6) is 0 Å². The highest BCUT2D eigenvalue weighted by atomic mass is 16.5. The van der Waals surface area contributed by atoms with Gasteiger partial charge in [0.1, 0.15) is 0 Å². The summed E-state index contributed by atoms with van der Waals surface area (Å²) < 4.78 is 10.8. The minimum absolute atomic E-state index is 0.0468. The van der Waals surface area contributed by atoms with Gasteiger partial charge in [0.25, 0.3) is 0 Å². The number of ether oxygens (including phenoxy) is 2. The number of rotatable bonds is 27. The number of carbonyl (C=O) groups excluding carboxylic acids is 1. The van der Waals surface area contributed by atoms with Crippen molar-refractivity contribution in [3.8, 4) is 0 Å². The van der Waals surface area contributed by atoms with Crippen molar-refractivity contribution in [1.82, 2.24) is 4.90 Å². The van der Waals surface area contributed by atoms with E-state index >= 15 is 0 Å². The third kappa shape index (κ3) is 21.9. The average molecular weight is 486 g/mol. The van der Waals surface area contributed by atoms with Crippen molar-refractivity contribution in [2.45, 2.75) is 129 Å². The van der Waals surface area contributed by atoms with E-state index in [2.05, 4.69) is 18.7 Å². The molecular formula is C29H59NO4. The van der Waals surface area contributed by atoms with Crippen molar-refractivity contribution in [2.75, 3.05) is 46.6 Å². The summed E-state index contributed by atoms with van der Waals surface area (Å²) >= 11 is 0. The predicted octanol–water partition coefficient (Wildman–Crippen LogP) is 7.15. The molecule has 0 saturated heterocycles. The lowest BCUT2D eigenvalue weighted by atomic mass is 9.95. The Kier molecular flexibility index (Phi) is 26.4. The fraction of sp³-hybridized carbons (Fsp3) is 0.966. The molecule has 0 radical (unpaired) electrons. The van der Waals surface area contributed by atoms with Gasteiger partial charge in [0.15, 0.2) is 0 Å². The van der Waals surface area contributed by atoms with Gasteiger partial charge >= 0.3 is 5.97 Å². The standard InChI is InChI=1S/C29H59NO4/c1-4-6-8-13-21-28(20-7-5-2)29(32)34-27-19-12-10-15-23-30(24-16-17-25-31)22-14-9-11-18-26-33-3/h28,31H,4-27H2,1-3H3. The lowest BCUT2D eigenvalue weighted by molar-refractivity contribution is -0.149. The largest absolute Gasteiger partial charge is 0.465 e. The molecule has 1 unspecified atom stereocenters. The number of unbranched alkanes of at least 4 members (excludes halogenated alkanes) is 11. The van der Waals surface area contributed by atoms with Gasteiger partial charge in [0.2, 0.25) is 0 Å². The Hall–Kier alpha value is -0.650. The van der Waals surface area contributed by atoms with Gasteiger partial charge in [-0.25, -0.2) is 0 Å². The molecule has 204 valence electrons. The first-order chi connectivity index (χ1) is 16.7. The average Bonchev–Trinajstić information content (AvgIpc) is 2.84. The van der Waals surface area contributed by atoms with Crippen molar-refractivity contribution < 1.29 is 19.4 Å². The quantitative estimate of drug-likeness (QED) is 0.0989. The smallest absolute Gasteiger partial charge is 0.308 e. The maximum absolute atomic E-state index is 12.5. The molecule has 0 aliphatic rings. The third-order valence-corrected chi connectivity index (χ3v) is 6.71. The van der Waals surface area contributed by atoms with Crippen molar-refractivity contribution in [2.24, 2.45) is 5.92 Å². The zero-order valence-electron chi connectivity index (χ0n) is 23.2. The second-order valence-electron chi connectivity index (χ2n) is 9.95. The lowest BCUT2D eigenvalue weighted by Crippen LogP contribution is -2.27. The number of carbonyl (C=O) groups is 1. The van der Waals surface area contributed by atoms with E-state index in [4.69, 9.17) is 14.6 Å². The topological polar surface area (TPSA) is 59.0 Å². The second-order valence-corrected chi connectivity index (χ2v) is 9.95. The second kappa shape index (κ2) is 26.9. The number of nitrogens with zero attached hydrogens (tertiary/aromatic N) is 1. The minimum atomic E-state index is 0.0468. The fourth-order valence-electron chi connectivity index (χ4n) is 4.45. The molecule has 34 heavy (non-hydrogen) atoms.